The fraction of sp³-hybridized carbons (Fsp3) is 0.278. The summed E-state index contributed by atoms with van der Waals surface area (Å²) in [5, 5.41) is 35.8. The van der Waals surface area contributed by atoms with Crippen molar-refractivity contribution < 1.29 is 29.7 Å². The number of rotatable bonds is 11. The highest BCUT2D eigenvalue weighted by Gasteiger charge is 2.21. The molecule has 30 heavy (non-hydrogen) atoms. The first-order valence-electron chi connectivity index (χ1n) is 8.91. The van der Waals surface area contributed by atoms with Gasteiger partial charge in [0.25, 0.3) is 5.91 Å². The molecule has 0 aliphatic rings. The number of carboxylic acids is 2. The van der Waals surface area contributed by atoms with Crippen molar-refractivity contribution in [2.75, 3.05) is 29.5 Å². The van der Waals surface area contributed by atoms with Crippen molar-refractivity contribution in [3.05, 3.63) is 36.0 Å². The van der Waals surface area contributed by atoms with E-state index in [1.165, 1.54) is 18.3 Å². The molecule has 1 unspecified atom stereocenters. The summed E-state index contributed by atoms with van der Waals surface area (Å²) in [4.78, 5) is 41.4. The standard InChI is InChI=1S/C18H22N6O6/c19-18-22-9-13(16(28)24-18)21-8-7-20-11-3-1-10(2-4-11)15(27)23-12(17(29)30)5-6-14(25)26/h1-4,9,12,20-21H,5-8H2,(H,23,27)(H,25,26)(H,29,30)(H3,19,22,24,28). The zero-order valence-electron chi connectivity index (χ0n) is 15.8. The molecule has 0 aliphatic carbocycles. The molecule has 160 valence electrons. The second kappa shape index (κ2) is 10.5. The Hall–Kier alpha value is -4.09. The lowest BCUT2D eigenvalue weighted by Crippen LogP contribution is -2.41. The third-order valence-corrected chi connectivity index (χ3v) is 3.95. The number of carbonyl (C=O) groups is 3. The minimum atomic E-state index is -1.30. The molecule has 12 nitrogen and oxygen atoms in total. The number of nitrogen functional groups attached to an aromatic ring is 1. The van der Waals surface area contributed by atoms with Crippen molar-refractivity contribution in [3.63, 3.8) is 0 Å². The largest absolute Gasteiger partial charge is 0.492 e. The number of nitrogens with two attached hydrogens (primary N) is 1. The van der Waals surface area contributed by atoms with Gasteiger partial charge in [-0.2, -0.15) is 4.98 Å². The van der Waals surface area contributed by atoms with E-state index in [1.54, 1.807) is 12.1 Å². The second-order valence-electron chi connectivity index (χ2n) is 6.19. The lowest BCUT2D eigenvalue weighted by atomic mass is 10.1. The summed E-state index contributed by atoms with van der Waals surface area (Å²) in [5.41, 5.74) is 6.65. The van der Waals surface area contributed by atoms with E-state index in [2.05, 4.69) is 25.9 Å². The number of amides is 1. The SMILES string of the molecule is Nc1ncc(NCCNc2ccc(C(=O)NC(CCC(=O)O)C(=O)O)cc2)c(O)n1. The van der Waals surface area contributed by atoms with Crippen LogP contribution in [0.2, 0.25) is 0 Å². The number of aromatic nitrogens is 2. The van der Waals surface area contributed by atoms with Crippen molar-refractivity contribution in [2.24, 2.45) is 0 Å². The molecule has 0 saturated heterocycles. The van der Waals surface area contributed by atoms with Crippen molar-refractivity contribution in [3.8, 4) is 5.88 Å². The zero-order valence-corrected chi connectivity index (χ0v) is 15.8. The molecule has 1 amide bonds. The van der Waals surface area contributed by atoms with Gasteiger partial charge in [-0.05, 0) is 30.7 Å². The molecule has 1 aromatic carbocycles. The van der Waals surface area contributed by atoms with Gasteiger partial charge < -0.3 is 37.0 Å². The molecule has 1 atom stereocenters. The molecule has 2 aromatic rings. The summed E-state index contributed by atoms with van der Waals surface area (Å²) in [6.45, 7) is 0.915. The third kappa shape index (κ3) is 6.82. The maximum absolute atomic E-state index is 12.2. The summed E-state index contributed by atoms with van der Waals surface area (Å²) in [6.07, 6.45) is 0.790. The van der Waals surface area contributed by atoms with Crippen LogP contribution in [0.15, 0.2) is 30.5 Å². The molecule has 0 spiro atoms. The van der Waals surface area contributed by atoms with Crippen molar-refractivity contribution in [1.29, 1.82) is 0 Å². The molecule has 12 heteroatoms. The monoisotopic (exact) mass is 418 g/mol. The van der Waals surface area contributed by atoms with E-state index in [9.17, 15) is 19.5 Å². The first-order chi connectivity index (χ1) is 14.3. The Morgan fingerprint density at radius 3 is 2.33 bits per heavy atom. The van der Waals surface area contributed by atoms with E-state index in [0.29, 0.717) is 24.5 Å². The van der Waals surface area contributed by atoms with Gasteiger partial charge in [0.15, 0.2) is 0 Å². The summed E-state index contributed by atoms with van der Waals surface area (Å²) in [5.74, 6) is -3.33. The van der Waals surface area contributed by atoms with Crippen LogP contribution in [0.3, 0.4) is 0 Å². The number of carbonyl (C=O) groups excluding carboxylic acids is 1. The van der Waals surface area contributed by atoms with Crippen LogP contribution in [0, 0.1) is 0 Å². The van der Waals surface area contributed by atoms with Gasteiger partial charge in [0.1, 0.15) is 11.7 Å². The third-order valence-electron chi connectivity index (χ3n) is 3.95. The highest BCUT2D eigenvalue weighted by atomic mass is 16.4. The number of hydrogen-bond donors (Lipinski definition) is 7. The van der Waals surface area contributed by atoms with Gasteiger partial charge in [-0.1, -0.05) is 0 Å². The molecule has 0 bridgehead atoms. The number of hydrogen-bond acceptors (Lipinski definition) is 9. The minimum Gasteiger partial charge on any atom is -0.492 e. The van der Waals surface area contributed by atoms with Gasteiger partial charge in [-0.15, -0.1) is 0 Å². The fourth-order valence-electron chi connectivity index (χ4n) is 2.42. The Kier molecular flexibility index (Phi) is 7.74. The van der Waals surface area contributed by atoms with Gasteiger partial charge in [-0.25, -0.2) is 9.78 Å². The fourth-order valence-corrected chi connectivity index (χ4v) is 2.42. The highest BCUT2D eigenvalue weighted by molar-refractivity contribution is 5.96. The molecule has 0 saturated carbocycles. The van der Waals surface area contributed by atoms with E-state index < -0.39 is 23.9 Å². The van der Waals surface area contributed by atoms with E-state index in [1.807, 2.05) is 0 Å². The topological polar surface area (TPSA) is 200 Å². The maximum Gasteiger partial charge on any atom is 0.326 e. The second-order valence-corrected chi connectivity index (χ2v) is 6.19. The lowest BCUT2D eigenvalue weighted by Gasteiger charge is -2.14. The van der Waals surface area contributed by atoms with Crippen LogP contribution in [-0.4, -0.2) is 62.3 Å². The van der Waals surface area contributed by atoms with Gasteiger partial charge in [0.05, 0.1) is 6.20 Å². The van der Waals surface area contributed by atoms with Crippen molar-refractivity contribution >= 4 is 35.2 Å². The molecular formula is C18H22N6O6. The van der Waals surface area contributed by atoms with Crippen LogP contribution in [0.25, 0.3) is 0 Å². The predicted molar refractivity (Wildman–Crippen MR) is 107 cm³/mol. The number of benzene rings is 1. The van der Waals surface area contributed by atoms with Gasteiger partial charge >= 0.3 is 11.9 Å². The van der Waals surface area contributed by atoms with Crippen LogP contribution >= 0.6 is 0 Å². The Labute approximate surface area is 171 Å². The number of anilines is 3. The summed E-state index contributed by atoms with van der Waals surface area (Å²) >= 11 is 0. The number of carboxylic acid groups (broad SMARTS) is 2. The smallest absolute Gasteiger partial charge is 0.326 e. The maximum atomic E-state index is 12.2. The number of aromatic hydroxyl groups is 1. The molecule has 2 rings (SSSR count). The Balaban J connectivity index is 1.82. The Morgan fingerprint density at radius 1 is 1.07 bits per heavy atom. The van der Waals surface area contributed by atoms with Gasteiger partial charge in [0, 0.05) is 30.8 Å². The van der Waals surface area contributed by atoms with Crippen LogP contribution in [-0.2, 0) is 9.59 Å². The summed E-state index contributed by atoms with van der Waals surface area (Å²) < 4.78 is 0. The quantitative estimate of drug-likeness (QED) is 0.248. The van der Waals surface area contributed by atoms with Gasteiger partial charge in [-0.3, -0.25) is 9.59 Å². The van der Waals surface area contributed by atoms with Crippen LogP contribution in [0.5, 0.6) is 5.88 Å². The Morgan fingerprint density at radius 2 is 1.73 bits per heavy atom. The van der Waals surface area contributed by atoms with E-state index in [0.717, 1.165) is 0 Å². The van der Waals surface area contributed by atoms with Crippen LogP contribution < -0.4 is 21.7 Å². The van der Waals surface area contributed by atoms with Crippen LogP contribution in [0.4, 0.5) is 17.3 Å². The molecule has 0 fully saturated rings. The normalized spacial score (nSPS) is 11.3. The van der Waals surface area contributed by atoms with Crippen molar-refractivity contribution in [2.45, 2.75) is 18.9 Å². The molecule has 0 radical (unpaired) electrons. The first-order valence-corrected chi connectivity index (χ1v) is 8.91. The van der Waals surface area contributed by atoms with E-state index in [4.69, 9.17) is 15.9 Å². The molecular weight excluding hydrogens is 396 g/mol. The minimum absolute atomic E-state index is 0.0307. The predicted octanol–water partition coefficient (Wildman–Crippen LogP) is 0.336. The summed E-state index contributed by atoms with van der Waals surface area (Å²) in [6, 6.07) is 5.03. The Bertz CT molecular complexity index is 905. The molecule has 0 aliphatic heterocycles. The van der Waals surface area contributed by atoms with Crippen LogP contribution in [0.1, 0.15) is 23.2 Å². The molecule has 8 N–H and O–H groups in total. The van der Waals surface area contributed by atoms with Gasteiger partial charge in [0.2, 0.25) is 11.8 Å². The average Bonchev–Trinajstić information content (AvgIpc) is 2.69. The number of nitrogens with one attached hydrogen (secondary N) is 3. The highest BCUT2D eigenvalue weighted by Crippen LogP contribution is 2.18. The number of nitrogens with zero attached hydrogens (tertiary/aromatic N) is 2. The number of aliphatic carboxylic acids is 2. The van der Waals surface area contributed by atoms with E-state index in [-0.39, 0.29) is 30.2 Å². The first kappa shape index (κ1) is 22.2. The summed E-state index contributed by atoms with van der Waals surface area (Å²) in [7, 11) is 0. The lowest BCUT2D eigenvalue weighted by molar-refractivity contribution is -0.140. The molecule has 1 heterocycles. The van der Waals surface area contributed by atoms with Crippen molar-refractivity contribution in [1.82, 2.24) is 15.3 Å². The average molecular weight is 418 g/mol. The zero-order chi connectivity index (χ0) is 22.1. The van der Waals surface area contributed by atoms with E-state index >= 15 is 0 Å². The molecule has 1 aromatic heterocycles.